The Morgan fingerprint density at radius 3 is 3.17 bits per heavy atom. The van der Waals surface area contributed by atoms with Gasteiger partial charge in [0, 0.05) is 6.61 Å². The fourth-order valence-corrected chi connectivity index (χ4v) is 3.26. The van der Waals surface area contributed by atoms with Crippen molar-refractivity contribution in [2.75, 3.05) is 19.7 Å². The second-order valence-electron chi connectivity index (χ2n) is 4.78. The standard InChI is InChI=1S/C14H18N2OS/c1-2-4-13-12(3-1)16-14(18-13)10-17-8-6-11-5-7-15-9-11/h1-4,11,15H,5-10H2. The molecule has 1 fully saturated rings. The van der Waals surface area contributed by atoms with Crippen LogP contribution in [0.3, 0.4) is 0 Å². The Kier molecular flexibility index (Phi) is 3.88. The van der Waals surface area contributed by atoms with Gasteiger partial charge in [0.05, 0.1) is 16.8 Å². The highest BCUT2D eigenvalue weighted by atomic mass is 32.1. The van der Waals surface area contributed by atoms with Crippen molar-refractivity contribution in [3.63, 3.8) is 0 Å². The molecule has 2 heterocycles. The molecule has 1 atom stereocenters. The van der Waals surface area contributed by atoms with Crippen LogP contribution in [0.5, 0.6) is 0 Å². The SMILES string of the molecule is c1ccc2sc(COCCC3CCNC3)nc2c1. The molecule has 2 aromatic rings. The van der Waals surface area contributed by atoms with Crippen molar-refractivity contribution in [3.05, 3.63) is 29.3 Å². The van der Waals surface area contributed by atoms with Crippen molar-refractivity contribution in [1.29, 1.82) is 0 Å². The van der Waals surface area contributed by atoms with Crippen molar-refractivity contribution >= 4 is 21.6 Å². The van der Waals surface area contributed by atoms with Crippen LogP contribution in [0.25, 0.3) is 10.2 Å². The Bertz CT molecular complexity index is 472. The van der Waals surface area contributed by atoms with E-state index >= 15 is 0 Å². The van der Waals surface area contributed by atoms with E-state index in [0.29, 0.717) is 6.61 Å². The molecule has 4 heteroatoms. The van der Waals surface area contributed by atoms with Crippen LogP contribution in [0, 0.1) is 5.92 Å². The van der Waals surface area contributed by atoms with Gasteiger partial charge in [0.25, 0.3) is 0 Å². The quantitative estimate of drug-likeness (QED) is 0.841. The van der Waals surface area contributed by atoms with Crippen molar-refractivity contribution in [2.45, 2.75) is 19.4 Å². The summed E-state index contributed by atoms with van der Waals surface area (Å²) in [6.45, 7) is 3.83. The number of ether oxygens (including phenoxy) is 1. The normalized spacial score (nSPS) is 19.7. The molecular formula is C14H18N2OS. The molecule has 1 aliphatic heterocycles. The maximum absolute atomic E-state index is 5.73. The third-order valence-electron chi connectivity index (χ3n) is 3.40. The van der Waals surface area contributed by atoms with E-state index in [2.05, 4.69) is 28.5 Å². The average molecular weight is 262 g/mol. The topological polar surface area (TPSA) is 34.1 Å². The first-order valence-electron chi connectivity index (χ1n) is 6.55. The van der Waals surface area contributed by atoms with Gasteiger partial charge >= 0.3 is 0 Å². The van der Waals surface area contributed by atoms with E-state index in [-0.39, 0.29) is 0 Å². The molecule has 3 nitrogen and oxygen atoms in total. The fourth-order valence-electron chi connectivity index (χ4n) is 2.35. The number of hydrogen-bond donors (Lipinski definition) is 1. The first-order valence-corrected chi connectivity index (χ1v) is 7.36. The molecule has 96 valence electrons. The zero-order valence-electron chi connectivity index (χ0n) is 10.4. The third kappa shape index (κ3) is 2.88. The van der Waals surface area contributed by atoms with E-state index in [4.69, 9.17) is 4.74 Å². The van der Waals surface area contributed by atoms with Gasteiger partial charge in [0.15, 0.2) is 0 Å². The van der Waals surface area contributed by atoms with Crippen molar-refractivity contribution < 1.29 is 4.74 Å². The molecule has 0 spiro atoms. The average Bonchev–Trinajstić information content (AvgIpc) is 3.03. The summed E-state index contributed by atoms with van der Waals surface area (Å²) in [5.41, 5.74) is 1.08. The molecular weight excluding hydrogens is 244 g/mol. The number of para-hydroxylation sites is 1. The van der Waals surface area contributed by atoms with Crippen molar-refractivity contribution in [1.82, 2.24) is 10.3 Å². The second kappa shape index (κ2) is 5.78. The Labute approximate surface area is 111 Å². The molecule has 3 rings (SSSR count). The number of nitrogens with one attached hydrogen (secondary N) is 1. The Morgan fingerprint density at radius 2 is 2.33 bits per heavy atom. The van der Waals surface area contributed by atoms with E-state index < -0.39 is 0 Å². The second-order valence-corrected chi connectivity index (χ2v) is 5.89. The Hall–Kier alpha value is -0.970. The summed E-state index contributed by atoms with van der Waals surface area (Å²) in [6, 6.07) is 8.25. The highest BCUT2D eigenvalue weighted by molar-refractivity contribution is 7.18. The first kappa shape index (κ1) is 12.1. The van der Waals surface area contributed by atoms with Crippen LogP contribution in [0.15, 0.2) is 24.3 Å². The van der Waals surface area contributed by atoms with E-state index in [1.807, 2.05) is 6.07 Å². The van der Waals surface area contributed by atoms with Gasteiger partial charge in [-0.25, -0.2) is 4.98 Å². The first-order chi connectivity index (χ1) is 8.92. The zero-order valence-corrected chi connectivity index (χ0v) is 11.2. The number of hydrogen-bond acceptors (Lipinski definition) is 4. The summed E-state index contributed by atoms with van der Waals surface area (Å²) in [4.78, 5) is 4.56. The maximum atomic E-state index is 5.73. The summed E-state index contributed by atoms with van der Waals surface area (Å²) < 4.78 is 6.98. The van der Waals surface area contributed by atoms with E-state index in [9.17, 15) is 0 Å². The maximum Gasteiger partial charge on any atom is 0.120 e. The van der Waals surface area contributed by atoms with Crippen LogP contribution >= 0.6 is 11.3 Å². The number of aromatic nitrogens is 1. The summed E-state index contributed by atoms with van der Waals surface area (Å²) in [6.07, 6.45) is 2.46. The third-order valence-corrected chi connectivity index (χ3v) is 4.41. The van der Waals surface area contributed by atoms with Gasteiger partial charge in [-0.15, -0.1) is 11.3 Å². The highest BCUT2D eigenvalue weighted by Crippen LogP contribution is 2.22. The molecule has 1 aliphatic rings. The number of rotatable bonds is 5. The Balaban J connectivity index is 1.47. The molecule has 0 saturated carbocycles. The molecule has 1 N–H and O–H groups in total. The summed E-state index contributed by atoms with van der Waals surface area (Å²) >= 11 is 1.73. The zero-order chi connectivity index (χ0) is 12.2. The number of nitrogens with zero attached hydrogens (tertiary/aromatic N) is 1. The fraction of sp³-hybridized carbons (Fsp3) is 0.500. The molecule has 1 aromatic carbocycles. The largest absolute Gasteiger partial charge is 0.374 e. The van der Waals surface area contributed by atoms with Gasteiger partial charge in [-0.2, -0.15) is 0 Å². The molecule has 1 unspecified atom stereocenters. The lowest BCUT2D eigenvalue weighted by Gasteiger charge is -2.07. The van der Waals surface area contributed by atoms with Crippen molar-refractivity contribution in [3.8, 4) is 0 Å². The van der Waals surface area contributed by atoms with Gasteiger partial charge in [-0.05, 0) is 44.0 Å². The summed E-state index contributed by atoms with van der Waals surface area (Å²) in [5.74, 6) is 0.806. The minimum absolute atomic E-state index is 0.652. The van der Waals surface area contributed by atoms with Gasteiger partial charge in [-0.1, -0.05) is 12.1 Å². The number of benzene rings is 1. The summed E-state index contributed by atoms with van der Waals surface area (Å²) in [5, 5.41) is 4.47. The minimum atomic E-state index is 0.652. The van der Waals surface area contributed by atoms with Crippen molar-refractivity contribution in [2.24, 2.45) is 5.92 Å². The molecule has 18 heavy (non-hydrogen) atoms. The van der Waals surface area contributed by atoms with Crippen LogP contribution in [0.4, 0.5) is 0 Å². The van der Waals surface area contributed by atoms with E-state index in [1.165, 1.54) is 17.7 Å². The van der Waals surface area contributed by atoms with Crippen LogP contribution < -0.4 is 5.32 Å². The number of thiazole rings is 1. The predicted octanol–water partition coefficient (Wildman–Crippen LogP) is 2.81. The van der Waals surface area contributed by atoms with Crippen LogP contribution in [-0.2, 0) is 11.3 Å². The molecule has 0 aliphatic carbocycles. The lowest BCUT2D eigenvalue weighted by molar-refractivity contribution is 0.109. The molecule has 1 aromatic heterocycles. The van der Waals surface area contributed by atoms with Gasteiger partial charge in [-0.3, -0.25) is 0 Å². The molecule has 1 saturated heterocycles. The van der Waals surface area contributed by atoms with Crippen LogP contribution in [-0.4, -0.2) is 24.7 Å². The summed E-state index contributed by atoms with van der Waals surface area (Å²) in [7, 11) is 0. The van der Waals surface area contributed by atoms with Gasteiger partial charge in [0.1, 0.15) is 5.01 Å². The smallest absolute Gasteiger partial charge is 0.120 e. The minimum Gasteiger partial charge on any atom is -0.374 e. The number of fused-ring (bicyclic) bond motifs is 1. The van der Waals surface area contributed by atoms with Gasteiger partial charge < -0.3 is 10.1 Å². The Morgan fingerprint density at radius 1 is 1.39 bits per heavy atom. The molecule has 0 radical (unpaired) electrons. The van der Waals surface area contributed by atoms with Crippen LogP contribution in [0.2, 0.25) is 0 Å². The predicted molar refractivity (Wildman–Crippen MR) is 74.9 cm³/mol. The monoisotopic (exact) mass is 262 g/mol. The van der Waals surface area contributed by atoms with Crippen LogP contribution in [0.1, 0.15) is 17.8 Å². The molecule has 0 amide bonds. The highest BCUT2D eigenvalue weighted by Gasteiger charge is 2.13. The van der Waals surface area contributed by atoms with E-state index in [0.717, 1.165) is 36.0 Å². The lowest BCUT2D eigenvalue weighted by Crippen LogP contribution is -2.10. The molecule has 0 bridgehead atoms. The van der Waals surface area contributed by atoms with Gasteiger partial charge in [0.2, 0.25) is 0 Å². The lowest BCUT2D eigenvalue weighted by atomic mass is 10.1. The van der Waals surface area contributed by atoms with E-state index in [1.54, 1.807) is 11.3 Å².